The molecule has 1 amide bonds. The Morgan fingerprint density at radius 2 is 1.83 bits per heavy atom. The molecule has 2 aromatic rings. The smallest absolute Gasteiger partial charge is 0.263 e. The third-order valence-electron chi connectivity index (χ3n) is 4.00. The van der Waals surface area contributed by atoms with Gasteiger partial charge >= 0.3 is 0 Å². The van der Waals surface area contributed by atoms with E-state index in [9.17, 15) is 4.79 Å². The number of nitrogens with zero attached hydrogens (tertiary/aromatic N) is 1. The van der Waals surface area contributed by atoms with Crippen molar-refractivity contribution < 1.29 is 14.3 Å². The molecule has 0 bridgehead atoms. The van der Waals surface area contributed by atoms with E-state index in [0.717, 1.165) is 5.56 Å². The van der Waals surface area contributed by atoms with Crippen molar-refractivity contribution in [1.82, 2.24) is 4.90 Å². The van der Waals surface area contributed by atoms with Crippen molar-refractivity contribution in [3.05, 3.63) is 65.2 Å². The molecule has 1 fully saturated rings. The number of para-hydroxylation sites is 1. The van der Waals surface area contributed by atoms with Crippen LogP contribution < -0.4 is 4.74 Å². The summed E-state index contributed by atoms with van der Waals surface area (Å²) in [6.45, 7) is 3.41. The average Bonchev–Trinajstić information content (AvgIpc) is 2.55. The van der Waals surface area contributed by atoms with E-state index in [1.807, 2.05) is 54.6 Å². The van der Waals surface area contributed by atoms with Gasteiger partial charge in [0.15, 0.2) is 6.10 Å². The summed E-state index contributed by atoms with van der Waals surface area (Å²) in [5.74, 6) is 0.682. The van der Waals surface area contributed by atoms with Gasteiger partial charge in [-0.25, -0.2) is 0 Å². The first-order valence-electron chi connectivity index (χ1n) is 7.99. The fourth-order valence-corrected chi connectivity index (χ4v) is 2.75. The second-order valence-electron chi connectivity index (χ2n) is 5.84. The van der Waals surface area contributed by atoms with E-state index in [0.29, 0.717) is 30.5 Å². The van der Waals surface area contributed by atoms with Gasteiger partial charge in [0, 0.05) is 18.1 Å². The van der Waals surface area contributed by atoms with Crippen molar-refractivity contribution in [3.63, 3.8) is 0 Å². The average molecular weight is 346 g/mol. The molecular weight excluding hydrogens is 326 g/mol. The first-order valence-corrected chi connectivity index (χ1v) is 8.37. The molecule has 3 rings (SSSR count). The Balaban J connectivity index is 1.42. The van der Waals surface area contributed by atoms with Crippen molar-refractivity contribution in [2.24, 2.45) is 0 Å². The van der Waals surface area contributed by atoms with Gasteiger partial charge in [0.1, 0.15) is 5.75 Å². The van der Waals surface area contributed by atoms with Gasteiger partial charge in [0.25, 0.3) is 5.91 Å². The quantitative estimate of drug-likeness (QED) is 0.804. The molecule has 1 aliphatic heterocycles. The van der Waals surface area contributed by atoms with E-state index in [-0.39, 0.29) is 12.0 Å². The third kappa shape index (κ3) is 4.08. The molecule has 1 aliphatic rings. The molecule has 0 radical (unpaired) electrons. The summed E-state index contributed by atoms with van der Waals surface area (Å²) in [4.78, 5) is 14.1. The van der Waals surface area contributed by atoms with Gasteiger partial charge in [-0.2, -0.15) is 0 Å². The van der Waals surface area contributed by atoms with Crippen LogP contribution in [0.25, 0.3) is 0 Å². The summed E-state index contributed by atoms with van der Waals surface area (Å²) < 4.78 is 11.5. The molecule has 1 atom stereocenters. The molecule has 0 N–H and O–H groups in total. The lowest BCUT2D eigenvalue weighted by Gasteiger charge is -2.40. The predicted octanol–water partition coefficient (Wildman–Crippen LogP) is 3.53. The minimum atomic E-state index is -0.503. The van der Waals surface area contributed by atoms with Gasteiger partial charge in [-0.05, 0) is 30.7 Å². The molecule has 0 spiro atoms. The van der Waals surface area contributed by atoms with Gasteiger partial charge < -0.3 is 14.4 Å². The topological polar surface area (TPSA) is 38.8 Å². The van der Waals surface area contributed by atoms with Crippen LogP contribution in [0.15, 0.2) is 54.6 Å². The van der Waals surface area contributed by atoms with Crippen molar-refractivity contribution >= 4 is 17.5 Å². The Bertz CT molecular complexity index is 686. The summed E-state index contributed by atoms with van der Waals surface area (Å²) in [5.41, 5.74) is 0.963. The fraction of sp³-hybridized carbons (Fsp3) is 0.316. The van der Waals surface area contributed by atoms with E-state index >= 15 is 0 Å². The molecule has 1 heterocycles. The second-order valence-corrected chi connectivity index (χ2v) is 6.25. The SMILES string of the molecule is C[C@@H](Oc1ccccc1)C(=O)N1CC(OCc2ccccc2Cl)C1. The number of hydrogen-bond donors (Lipinski definition) is 0. The number of hydrogen-bond acceptors (Lipinski definition) is 3. The number of ether oxygens (including phenoxy) is 2. The van der Waals surface area contributed by atoms with Gasteiger partial charge in [-0.3, -0.25) is 4.79 Å². The Kier molecular flexibility index (Phi) is 5.38. The summed E-state index contributed by atoms with van der Waals surface area (Å²) in [7, 11) is 0. The van der Waals surface area contributed by atoms with Crippen LogP contribution >= 0.6 is 11.6 Å². The molecule has 0 aromatic heterocycles. The zero-order valence-electron chi connectivity index (χ0n) is 13.5. The summed E-state index contributed by atoms with van der Waals surface area (Å²) in [6.07, 6.45) is -0.453. The lowest BCUT2D eigenvalue weighted by molar-refractivity contribution is -0.152. The van der Waals surface area contributed by atoms with E-state index in [1.54, 1.807) is 11.8 Å². The summed E-state index contributed by atoms with van der Waals surface area (Å²) in [6, 6.07) is 17.0. The Labute approximate surface area is 146 Å². The lowest BCUT2D eigenvalue weighted by Crippen LogP contribution is -2.57. The standard InChI is InChI=1S/C19H20ClNO3/c1-14(24-16-8-3-2-4-9-16)19(22)21-11-17(12-21)23-13-15-7-5-6-10-18(15)20/h2-10,14,17H,11-13H2,1H3/t14-/m1/s1. The lowest BCUT2D eigenvalue weighted by atomic mass is 10.1. The first-order chi connectivity index (χ1) is 11.6. The van der Waals surface area contributed by atoms with E-state index in [1.165, 1.54) is 0 Å². The van der Waals surface area contributed by atoms with Crippen LogP contribution in [0.1, 0.15) is 12.5 Å². The van der Waals surface area contributed by atoms with Crippen LogP contribution in [0.2, 0.25) is 5.02 Å². The zero-order chi connectivity index (χ0) is 16.9. The number of rotatable bonds is 6. The molecule has 4 nitrogen and oxygen atoms in total. The monoisotopic (exact) mass is 345 g/mol. The van der Waals surface area contributed by atoms with E-state index in [4.69, 9.17) is 21.1 Å². The van der Waals surface area contributed by atoms with Crippen LogP contribution in [-0.4, -0.2) is 36.1 Å². The normalized spacial score (nSPS) is 15.7. The molecular formula is C19H20ClNO3. The van der Waals surface area contributed by atoms with Crippen molar-refractivity contribution in [1.29, 1.82) is 0 Å². The largest absolute Gasteiger partial charge is 0.481 e. The van der Waals surface area contributed by atoms with Gasteiger partial charge in [-0.15, -0.1) is 0 Å². The van der Waals surface area contributed by atoms with Crippen LogP contribution in [0.4, 0.5) is 0 Å². The molecule has 0 saturated carbocycles. The Morgan fingerprint density at radius 3 is 2.54 bits per heavy atom. The third-order valence-corrected chi connectivity index (χ3v) is 4.36. The number of halogens is 1. The van der Waals surface area contributed by atoms with Gasteiger partial charge in [-0.1, -0.05) is 48.0 Å². The highest BCUT2D eigenvalue weighted by atomic mass is 35.5. The van der Waals surface area contributed by atoms with Crippen molar-refractivity contribution in [3.8, 4) is 5.75 Å². The minimum Gasteiger partial charge on any atom is -0.481 e. The maximum atomic E-state index is 12.3. The number of carbonyl (C=O) groups is 1. The summed E-state index contributed by atoms with van der Waals surface area (Å²) >= 11 is 6.11. The van der Waals surface area contributed by atoms with E-state index < -0.39 is 6.10 Å². The van der Waals surface area contributed by atoms with Gasteiger partial charge in [0.2, 0.25) is 0 Å². The fourth-order valence-electron chi connectivity index (χ4n) is 2.56. The maximum absolute atomic E-state index is 12.3. The molecule has 24 heavy (non-hydrogen) atoms. The van der Waals surface area contributed by atoms with Crippen molar-refractivity contribution in [2.45, 2.75) is 25.7 Å². The maximum Gasteiger partial charge on any atom is 0.263 e. The van der Waals surface area contributed by atoms with Crippen LogP contribution in [0, 0.1) is 0 Å². The summed E-state index contributed by atoms with van der Waals surface area (Å²) in [5, 5.41) is 0.703. The minimum absolute atomic E-state index is 0.0172. The highest BCUT2D eigenvalue weighted by molar-refractivity contribution is 6.31. The Hall–Kier alpha value is -2.04. The molecule has 0 aliphatic carbocycles. The molecule has 126 valence electrons. The van der Waals surface area contributed by atoms with Crippen LogP contribution in [0.3, 0.4) is 0 Å². The first kappa shape index (κ1) is 16.8. The molecule has 5 heteroatoms. The molecule has 0 unspecified atom stereocenters. The zero-order valence-corrected chi connectivity index (χ0v) is 14.3. The molecule has 2 aromatic carbocycles. The highest BCUT2D eigenvalue weighted by Gasteiger charge is 2.34. The molecule has 1 saturated heterocycles. The highest BCUT2D eigenvalue weighted by Crippen LogP contribution is 2.20. The van der Waals surface area contributed by atoms with E-state index in [2.05, 4.69) is 0 Å². The number of carbonyl (C=O) groups excluding carboxylic acids is 1. The number of amides is 1. The van der Waals surface area contributed by atoms with Crippen molar-refractivity contribution in [2.75, 3.05) is 13.1 Å². The van der Waals surface area contributed by atoms with Gasteiger partial charge in [0.05, 0.1) is 12.7 Å². The number of benzene rings is 2. The second kappa shape index (κ2) is 7.69. The van der Waals surface area contributed by atoms with Crippen LogP contribution in [-0.2, 0) is 16.1 Å². The van der Waals surface area contributed by atoms with Crippen LogP contribution in [0.5, 0.6) is 5.75 Å². The number of likely N-dealkylation sites (tertiary alicyclic amines) is 1. The Morgan fingerprint density at radius 1 is 1.17 bits per heavy atom. The predicted molar refractivity (Wildman–Crippen MR) is 93.1 cm³/mol.